The topological polar surface area (TPSA) is 50.9 Å². The van der Waals surface area contributed by atoms with Gasteiger partial charge >= 0.3 is 0 Å². The van der Waals surface area contributed by atoms with E-state index in [4.69, 9.17) is 4.84 Å². The van der Waals surface area contributed by atoms with Crippen molar-refractivity contribution in [3.8, 4) is 0 Å². The fourth-order valence-electron chi connectivity index (χ4n) is 1.99. The fourth-order valence-corrected chi connectivity index (χ4v) is 1.99. The average molecular weight is 171 g/mol. The minimum atomic E-state index is 0.163. The molecule has 2 aliphatic rings. The van der Waals surface area contributed by atoms with Crippen LogP contribution in [0.4, 0.5) is 0 Å². The second-order valence-electron chi connectivity index (χ2n) is 3.27. The molecule has 0 aromatic heterocycles. The number of hydrogen-bond acceptors (Lipinski definition) is 4. The molecule has 1 aliphatic heterocycles. The smallest absolute Gasteiger partial charge is 0.146 e. The number of rotatable bonds is 1. The Hall–Kier alpha value is -0.840. The molecule has 0 amide bonds. The van der Waals surface area contributed by atoms with E-state index in [1.807, 2.05) is 0 Å². The predicted molar refractivity (Wildman–Crippen MR) is 40.9 cm³/mol. The summed E-state index contributed by atoms with van der Waals surface area (Å²) in [6.07, 6.45) is 4.38. The maximum atomic E-state index is 11.1. The molecule has 0 saturated heterocycles. The Morgan fingerprint density at radius 2 is 2.25 bits per heavy atom. The summed E-state index contributed by atoms with van der Waals surface area (Å²) in [6.45, 7) is 0. The van der Waals surface area contributed by atoms with E-state index < -0.39 is 0 Å². The van der Waals surface area contributed by atoms with Crippen molar-refractivity contribution in [1.82, 2.24) is 5.17 Å². The lowest BCUT2D eigenvalue weighted by atomic mass is 9.92. The number of hydroxylamine groups is 1. The third kappa shape index (κ3) is 1.04. The molecule has 0 spiro atoms. The Balaban J connectivity index is 2.12. The number of hydrazine groups is 1. The van der Waals surface area contributed by atoms with Crippen LogP contribution in [0.25, 0.3) is 0 Å². The molecule has 1 heterocycles. The first-order valence-electron chi connectivity index (χ1n) is 4.34. The Labute approximate surface area is 71.1 Å². The molecular formula is C7H13N3O2. The molecule has 0 unspecified atom stereocenters. The van der Waals surface area contributed by atoms with Gasteiger partial charge in [0.2, 0.25) is 0 Å². The Morgan fingerprint density at radius 3 is 3.00 bits per heavy atom. The van der Waals surface area contributed by atoms with Crippen LogP contribution in [0.15, 0.2) is 5.11 Å². The van der Waals surface area contributed by atoms with E-state index >= 15 is 0 Å². The fraction of sp³-hybridized carbons (Fsp3) is 1.00. The quantitative estimate of drug-likeness (QED) is 0.437. The zero-order valence-corrected chi connectivity index (χ0v) is 7.14. The van der Waals surface area contributed by atoms with Crippen molar-refractivity contribution in [2.75, 3.05) is 7.11 Å². The van der Waals surface area contributed by atoms with Crippen LogP contribution in [-0.2, 0) is 4.84 Å². The second-order valence-corrected chi connectivity index (χ2v) is 3.27. The molecule has 2 rings (SSSR count). The van der Waals surface area contributed by atoms with Gasteiger partial charge in [-0.05, 0) is 18.0 Å². The van der Waals surface area contributed by atoms with E-state index in [1.54, 1.807) is 0 Å². The highest BCUT2D eigenvalue weighted by molar-refractivity contribution is 4.83. The van der Waals surface area contributed by atoms with Gasteiger partial charge in [-0.2, -0.15) is 0 Å². The first-order chi connectivity index (χ1) is 5.83. The zero-order valence-electron chi connectivity index (χ0n) is 7.14. The molecule has 5 heteroatoms. The molecule has 1 saturated carbocycles. The highest BCUT2D eigenvalue weighted by atomic mass is 16.8. The van der Waals surface area contributed by atoms with E-state index in [0.29, 0.717) is 4.97 Å². The molecule has 1 fully saturated rings. The molecule has 0 bridgehead atoms. The minimum absolute atomic E-state index is 0.163. The molecule has 0 aromatic rings. The second kappa shape index (κ2) is 2.90. The minimum Gasteiger partial charge on any atom is -0.570 e. The van der Waals surface area contributed by atoms with Gasteiger partial charge in [-0.15, -0.1) is 0 Å². The van der Waals surface area contributed by atoms with Crippen molar-refractivity contribution in [3.63, 3.8) is 0 Å². The summed E-state index contributed by atoms with van der Waals surface area (Å²) in [5.74, 6) is 0. The summed E-state index contributed by atoms with van der Waals surface area (Å²) in [4.78, 5) is 5.53. The van der Waals surface area contributed by atoms with Crippen molar-refractivity contribution >= 4 is 0 Å². The van der Waals surface area contributed by atoms with Crippen molar-refractivity contribution in [2.24, 2.45) is 5.11 Å². The number of hydrogen-bond donors (Lipinski definition) is 0. The molecule has 5 nitrogen and oxygen atoms in total. The first kappa shape index (κ1) is 7.79. The van der Waals surface area contributed by atoms with Gasteiger partial charge in [0.25, 0.3) is 0 Å². The molecule has 1 aliphatic carbocycles. The van der Waals surface area contributed by atoms with Gasteiger partial charge in [-0.25, -0.2) is 4.84 Å². The maximum Gasteiger partial charge on any atom is 0.146 e. The standard InChI is InChI=1S/C7H13N3O2/c1-12-9-7-5-3-2-4-6(7)8-10(9)11/h6-7H,2-5H2,1H3/t6-,7+/m0/s1. The van der Waals surface area contributed by atoms with Crippen LogP contribution < -0.4 is 0 Å². The van der Waals surface area contributed by atoms with Gasteiger partial charge in [0.1, 0.15) is 12.1 Å². The molecule has 2 atom stereocenters. The van der Waals surface area contributed by atoms with Crippen molar-refractivity contribution in [1.29, 1.82) is 0 Å². The van der Waals surface area contributed by atoms with Crippen molar-refractivity contribution in [2.45, 2.75) is 37.8 Å². The van der Waals surface area contributed by atoms with E-state index in [1.165, 1.54) is 25.1 Å². The summed E-state index contributed by atoms with van der Waals surface area (Å²) < 4.78 is 0. The van der Waals surface area contributed by atoms with E-state index in [-0.39, 0.29) is 12.1 Å². The van der Waals surface area contributed by atoms with Crippen LogP contribution in [-0.4, -0.2) is 29.3 Å². The molecular weight excluding hydrogens is 158 g/mol. The normalized spacial score (nSPS) is 34.8. The van der Waals surface area contributed by atoms with Crippen LogP contribution in [0.3, 0.4) is 0 Å². The zero-order chi connectivity index (χ0) is 8.55. The van der Waals surface area contributed by atoms with Crippen LogP contribution in [0.1, 0.15) is 25.7 Å². The predicted octanol–water partition coefficient (Wildman–Crippen LogP) is 1.05. The first-order valence-corrected chi connectivity index (χ1v) is 4.34. The third-order valence-electron chi connectivity index (χ3n) is 2.58. The lowest BCUT2D eigenvalue weighted by molar-refractivity contribution is -0.752. The summed E-state index contributed by atoms with van der Waals surface area (Å²) >= 11 is 0. The Kier molecular flexibility index (Phi) is 1.88. The summed E-state index contributed by atoms with van der Waals surface area (Å²) in [5, 5.41) is 16.4. The molecule has 12 heavy (non-hydrogen) atoms. The average Bonchev–Trinajstić information content (AvgIpc) is 2.40. The van der Waals surface area contributed by atoms with Gasteiger partial charge in [0.05, 0.1) is 12.1 Å². The van der Waals surface area contributed by atoms with Gasteiger partial charge in [-0.3, -0.25) is 0 Å². The maximum absolute atomic E-state index is 11.1. The molecule has 0 radical (unpaired) electrons. The summed E-state index contributed by atoms with van der Waals surface area (Å²) in [5.41, 5.74) is 0. The van der Waals surface area contributed by atoms with E-state index in [9.17, 15) is 5.21 Å². The largest absolute Gasteiger partial charge is 0.570 e. The third-order valence-corrected chi connectivity index (χ3v) is 2.58. The number of nitrogens with zero attached hydrogens (tertiary/aromatic N) is 3. The van der Waals surface area contributed by atoms with Crippen LogP contribution in [0.2, 0.25) is 0 Å². The Bertz CT molecular complexity index is 207. The van der Waals surface area contributed by atoms with E-state index in [0.717, 1.165) is 12.8 Å². The lowest BCUT2D eigenvalue weighted by Gasteiger charge is -2.23. The lowest BCUT2D eigenvalue weighted by Crippen LogP contribution is -2.40. The van der Waals surface area contributed by atoms with Gasteiger partial charge < -0.3 is 5.21 Å². The van der Waals surface area contributed by atoms with Crippen LogP contribution in [0.5, 0.6) is 0 Å². The van der Waals surface area contributed by atoms with Crippen molar-refractivity contribution < 1.29 is 9.81 Å². The van der Waals surface area contributed by atoms with Crippen LogP contribution in [0, 0.1) is 5.21 Å². The van der Waals surface area contributed by atoms with Crippen molar-refractivity contribution in [3.05, 3.63) is 5.21 Å². The molecule has 68 valence electrons. The van der Waals surface area contributed by atoms with Crippen LogP contribution >= 0.6 is 0 Å². The van der Waals surface area contributed by atoms with E-state index in [2.05, 4.69) is 5.11 Å². The highest BCUT2D eigenvalue weighted by Gasteiger charge is 2.43. The highest BCUT2D eigenvalue weighted by Crippen LogP contribution is 2.29. The monoisotopic (exact) mass is 171 g/mol. The van der Waals surface area contributed by atoms with Gasteiger partial charge in [0.15, 0.2) is 0 Å². The summed E-state index contributed by atoms with van der Waals surface area (Å²) in [7, 11) is 1.51. The molecule has 0 aromatic carbocycles. The number of fused-ring (bicyclic) bond motifs is 1. The Morgan fingerprint density at radius 1 is 1.50 bits per heavy atom. The van der Waals surface area contributed by atoms with Gasteiger partial charge in [0, 0.05) is 5.11 Å². The summed E-state index contributed by atoms with van der Waals surface area (Å²) in [6, 6.07) is 0.345. The molecule has 0 N–H and O–H groups in total. The van der Waals surface area contributed by atoms with Gasteiger partial charge in [-0.1, -0.05) is 12.8 Å². The SMILES string of the molecule is CON1[C@@H]2CCCC[C@@H]2N=[N+]1[O-].